The molecular formula is C12H22N4. The molecule has 16 heavy (non-hydrogen) atoms. The molecule has 2 rings (SSSR count). The molecule has 0 saturated heterocycles. The second-order valence-electron chi connectivity index (χ2n) is 4.57. The Morgan fingerprint density at radius 1 is 1.56 bits per heavy atom. The molecule has 0 amide bonds. The van der Waals surface area contributed by atoms with Gasteiger partial charge in [0.25, 0.3) is 0 Å². The van der Waals surface area contributed by atoms with Crippen molar-refractivity contribution < 1.29 is 0 Å². The van der Waals surface area contributed by atoms with Crippen LogP contribution in [0.5, 0.6) is 0 Å². The van der Waals surface area contributed by atoms with E-state index in [0.717, 1.165) is 18.7 Å². The number of aromatic nitrogens is 2. The van der Waals surface area contributed by atoms with Gasteiger partial charge in [0.15, 0.2) is 0 Å². The van der Waals surface area contributed by atoms with Crippen LogP contribution in [0.2, 0.25) is 0 Å². The van der Waals surface area contributed by atoms with Crippen LogP contribution in [0.3, 0.4) is 0 Å². The zero-order chi connectivity index (χ0) is 11.5. The Balaban J connectivity index is 2.24. The van der Waals surface area contributed by atoms with Crippen LogP contribution in [0.15, 0.2) is 6.07 Å². The molecule has 4 nitrogen and oxygen atoms in total. The molecule has 1 aromatic heterocycles. The van der Waals surface area contributed by atoms with Crippen LogP contribution in [-0.2, 0) is 13.0 Å². The van der Waals surface area contributed by atoms with E-state index in [-0.39, 0.29) is 6.04 Å². The van der Waals surface area contributed by atoms with E-state index in [9.17, 15) is 0 Å². The molecule has 1 unspecified atom stereocenters. The molecule has 4 heteroatoms. The maximum absolute atomic E-state index is 5.70. The SMILES string of the molecule is CCc1cc(C(NN)C2CCC2)n(CC)n1. The lowest BCUT2D eigenvalue weighted by Gasteiger charge is -2.33. The van der Waals surface area contributed by atoms with Crippen LogP contribution in [0.25, 0.3) is 0 Å². The lowest BCUT2D eigenvalue weighted by Crippen LogP contribution is -2.37. The summed E-state index contributed by atoms with van der Waals surface area (Å²) in [6.45, 7) is 5.19. The Hall–Kier alpha value is -0.870. The Kier molecular flexibility index (Phi) is 3.61. The number of nitrogens with one attached hydrogen (secondary N) is 1. The Morgan fingerprint density at radius 3 is 2.75 bits per heavy atom. The van der Waals surface area contributed by atoms with E-state index >= 15 is 0 Å². The average molecular weight is 222 g/mol. The van der Waals surface area contributed by atoms with Gasteiger partial charge in [0, 0.05) is 6.54 Å². The largest absolute Gasteiger partial charge is 0.271 e. The normalized spacial score (nSPS) is 18.4. The molecule has 1 aliphatic rings. The number of rotatable bonds is 5. The Labute approximate surface area is 97.2 Å². The molecule has 1 heterocycles. The molecule has 0 bridgehead atoms. The van der Waals surface area contributed by atoms with Crippen LogP contribution >= 0.6 is 0 Å². The molecule has 1 atom stereocenters. The van der Waals surface area contributed by atoms with Gasteiger partial charge in [-0.15, -0.1) is 0 Å². The first kappa shape index (κ1) is 11.6. The van der Waals surface area contributed by atoms with Gasteiger partial charge in [0.2, 0.25) is 0 Å². The van der Waals surface area contributed by atoms with Gasteiger partial charge in [-0.2, -0.15) is 5.10 Å². The highest BCUT2D eigenvalue weighted by Crippen LogP contribution is 2.37. The van der Waals surface area contributed by atoms with Gasteiger partial charge in [-0.1, -0.05) is 13.3 Å². The van der Waals surface area contributed by atoms with Crippen molar-refractivity contribution in [2.45, 2.75) is 52.1 Å². The van der Waals surface area contributed by atoms with Crippen molar-refractivity contribution in [1.29, 1.82) is 0 Å². The summed E-state index contributed by atoms with van der Waals surface area (Å²) < 4.78 is 2.08. The molecule has 1 aromatic rings. The molecule has 1 aliphatic carbocycles. The summed E-state index contributed by atoms with van der Waals surface area (Å²) in [5.74, 6) is 6.39. The van der Waals surface area contributed by atoms with Crippen LogP contribution in [0, 0.1) is 5.92 Å². The highest BCUT2D eigenvalue weighted by molar-refractivity contribution is 5.16. The van der Waals surface area contributed by atoms with Crippen molar-refractivity contribution >= 4 is 0 Å². The monoisotopic (exact) mass is 222 g/mol. The van der Waals surface area contributed by atoms with Gasteiger partial charge in [-0.05, 0) is 38.2 Å². The Morgan fingerprint density at radius 2 is 2.31 bits per heavy atom. The van der Waals surface area contributed by atoms with Crippen molar-refractivity contribution in [3.63, 3.8) is 0 Å². The highest BCUT2D eigenvalue weighted by atomic mass is 15.3. The van der Waals surface area contributed by atoms with Gasteiger partial charge in [0.05, 0.1) is 17.4 Å². The first-order valence-electron chi connectivity index (χ1n) is 6.32. The van der Waals surface area contributed by atoms with Crippen molar-refractivity contribution in [3.05, 3.63) is 17.5 Å². The molecule has 0 aromatic carbocycles. The second-order valence-corrected chi connectivity index (χ2v) is 4.57. The first-order chi connectivity index (χ1) is 7.80. The lowest BCUT2D eigenvalue weighted by molar-refractivity contribution is 0.223. The fourth-order valence-corrected chi connectivity index (χ4v) is 2.40. The van der Waals surface area contributed by atoms with Gasteiger partial charge >= 0.3 is 0 Å². The van der Waals surface area contributed by atoms with Crippen molar-refractivity contribution in [2.75, 3.05) is 0 Å². The molecule has 3 N–H and O–H groups in total. The summed E-state index contributed by atoms with van der Waals surface area (Å²) in [7, 11) is 0. The van der Waals surface area contributed by atoms with E-state index in [4.69, 9.17) is 5.84 Å². The van der Waals surface area contributed by atoms with Gasteiger partial charge in [-0.25, -0.2) is 0 Å². The lowest BCUT2D eigenvalue weighted by atomic mass is 9.78. The fourth-order valence-electron chi connectivity index (χ4n) is 2.40. The minimum Gasteiger partial charge on any atom is -0.271 e. The number of hydrogen-bond acceptors (Lipinski definition) is 3. The average Bonchev–Trinajstić information content (AvgIpc) is 2.65. The van der Waals surface area contributed by atoms with Gasteiger partial charge in [-0.3, -0.25) is 16.0 Å². The predicted octanol–water partition coefficient (Wildman–Crippen LogP) is 1.77. The van der Waals surface area contributed by atoms with Crippen LogP contribution in [0.4, 0.5) is 0 Å². The Bertz CT molecular complexity index is 341. The van der Waals surface area contributed by atoms with Crippen molar-refractivity contribution in [1.82, 2.24) is 15.2 Å². The molecule has 90 valence electrons. The van der Waals surface area contributed by atoms with Crippen molar-refractivity contribution in [3.8, 4) is 0 Å². The number of hydrazine groups is 1. The number of nitrogens with two attached hydrogens (primary N) is 1. The van der Waals surface area contributed by atoms with E-state index < -0.39 is 0 Å². The maximum atomic E-state index is 5.70. The summed E-state index contributed by atoms with van der Waals surface area (Å²) in [4.78, 5) is 0. The minimum absolute atomic E-state index is 0.279. The zero-order valence-electron chi connectivity index (χ0n) is 10.2. The van der Waals surface area contributed by atoms with Gasteiger partial charge < -0.3 is 0 Å². The number of hydrogen-bond donors (Lipinski definition) is 2. The van der Waals surface area contributed by atoms with E-state index in [1.54, 1.807) is 0 Å². The third-order valence-electron chi connectivity index (χ3n) is 3.64. The predicted molar refractivity (Wildman–Crippen MR) is 64.7 cm³/mol. The summed E-state index contributed by atoms with van der Waals surface area (Å²) in [5, 5.41) is 4.58. The van der Waals surface area contributed by atoms with E-state index in [0.29, 0.717) is 5.92 Å². The second kappa shape index (κ2) is 4.97. The molecule has 0 aliphatic heterocycles. The molecular weight excluding hydrogens is 200 g/mol. The maximum Gasteiger partial charge on any atom is 0.0657 e. The standard InChI is InChI=1S/C12H22N4/c1-3-10-8-11(16(4-2)15-10)12(14-13)9-6-5-7-9/h8-9,12,14H,3-7,13H2,1-2H3. The summed E-state index contributed by atoms with van der Waals surface area (Å²) in [6, 6.07) is 2.48. The van der Waals surface area contributed by atoms with E-state index in [1.807, 2.05) is 0 Å². The minimum atomic E-state index is 0.279. The summed E-state index contributed by atoms with van der Waals surface area (Å²) >= 11 is 0. The number of nitrogens with zero attached hydrogens (tertiary/aromatic N) is 2. The first-order valence-corrected chi connectivity index (χ1v) is 6.32. The third kappa shape index (κ3) is 1.99. The quantitative estimate of drug-likeness (QED) is 0.589. The third-order valence-corrected chi connectivity index (χ3v) is 3.64. The zero-order valence-corrected chi connectivity index (χ0v) is 10.2. The molecule has 1 fully saturated rings. The van der Waals surface area contributed by atoms with Crippen LogP contribution < -0.4 is 11.3 Å². The van der Waals surface area contributed by atoms with Crippen molar-refractivity contribution in [2.24, 2.45) is 11.8 Å². The van der Waals surface area contributed by atoms with E-state index in [2.05, 4.69) is 35.1 Å². The number of aryl methyl sites for hydroxylation is 2. The fraction of sp³-hybridized carbons (Fsp3) is 0.750. The van der Waals surface area contributed by atoms with E-state index in [1.165, 1.54) is 25.0 Å². The van der Waals surface area contributed by atoms with Gasteiger partial charge in [0.1, 0.15) is 0 Å². The topological polar surface area (TPSA) is 55.9 Å². The molecule has 0 radical (unpaired) electrons. The highest BCUT2D eigenvalue weighted by Gasteiger charge is 2.30. The summed E-state index contributed by atoms with van der Waals surface area (Å²) in [6.07, 6.45) is 4.89. The molecule has 1 saturated carbocycles. The molecule has 0 spiro atoms. The van der Waals surface area contributed by atoms with Crippen LogP contribution in [-0.4, -0.2) is 9.78 Å². The van der Waals surface area contributed by atoms with Crippen LogP contribution in [0.1, 0.15) is 50.5 Å². The smallest absolute Gasteiger partial charge is 0.0657 e. The summed E-state index contributed by atoms with van der Waals surface area (Å²) in [5.41, 5.74) is 5.39.